The molecule has 27 heavy (non-hydrogen) atoms. The molecule has 3 aromatic rings. The van der Waals surface area contributed by atoms with Crippen molar-refractivity contribution in [2.75, 3.05) is 18.4 Å². The van der Waals surface area contributed by atoms with Gasteiger partial charge in [-0.3, -0.25) is 9.89 Å². The Balaban J connectivity index is 1.42. The molecule has 0 spiro atoms. The van der Waals surface area contributed by atoms with Gasteiger partial charge in [-0.25, -0.2) is 4.98 Å². The lowest BCUT2D eigenvalue weighted by molar-refractivity contribution is 0.0948. The largest absolute Gasteiger partial charge is 0.354 e. The standard InChI is InChI=1S/C17H19N9O/c18-26-25-15-7-10-21-17(22-15)20-9-4-8-19-16(27)14-11-13(23-24-14)12-5-2-1-3-6-12/h1-3,5-7,10-11H,4,8-9H2,(H,19,27)(H,23,24)(H3,18,20,21,22,25). The molecule has 0 atom stereocenters. The molecule has 0 saturated heterocycles. The number of H-pyrrole nitrogens is 1. The molecule has 5 N–H and O–H groups in total. The van der Waals surface area contributed by atoms with Gasteiger partial charge < -0.3 is 16.5 Å². The van der Waals surface area contributed by atoms with E-state index in [1.807, 2.05) is 30.3 Å². The summed E-state index contributed by atoms with van der Waals surface area (Å²) >= 11 is 0. The number of nitrogens with zero attached hydrogens (tertiary/aromatic N) is 5. The summed E-state index contributed by atoms with van der Waals surface area (Å²) in [7, 11) is 0. The van der Waals surface area contributed by atoms with Crippen molar-refractivity contribution in [1.82, 2.24) is 25.5 Å². The molecular formula is C17H19N9O. The second kappa shape index (κ2) is 9.04. The Morgan fingerprint density at radius 3 is 2.85 bits per heavy atom. The van der Waals surface area contributed by atoms with Crippen LogP contribution in [0.5, 0.6) is 0 Å². The molecular weight excluding hydrogens is 346 g/mol. The number of carbonyl (C=O) groups is 1. The number of aromatic nitrogens is 4. The van der Waals surface area contributed by atoms with Crippen molar-refractivity contribution in [3.05, 3.63) is 54.4 Å². The van der Waals surface area contributed by atoms with Crippen LogP contribution in [-0.2, 0) is 0 Å². The van der Waals surface area contributed by atoms with E-state index in [0.29, 0.717) is 37.0 Å². The average molecular weight is 365 g/mol. The molecule has 2 heterocycles. The van der Waals surface area contributed by atoms with Crippen LogP contribution >= 0.6 is 0 Å². The molecule has 0 saturated carbocycles. The molecule has 0 fully saturated rings. The Kier molecular flexibility index (Phi) is 6.02. The molecule has 2 aromatic heterocycles. The maximum Gasteiger partial charge on any atom is 0.269 e. The quantitative estimate of drug-likeness (QED) is 0.208. The summed E-state index contributed by atoms with van der Waals surface area (Å²) in [5, 5.41) is 19.6. The summed E-state index contributed by atoms with van der Waals surface area (Å²) < 4.78 is 0. The van der Waals surface area contributed by atoms with Gasteiger partial charge in [-0.05, 0) is 12.5 Å². The first-order chi connectivity index (χ1) is 13.3. The number of amides is 1. The van der Waals surface area contributed by atoms with E-state index < -0.39 is 0 Å². The normalized spacial score (nSPS) is 10.8. The predicted molar refractivity (Wildman–Crippen MR) is 100 cm³/mol. The van der Waals surface area contributed by atoms with E-state index in [9.17, 15) is 4.79 Å². The second-order valence-electron chi connectivity index (χ2n) is 5.52. The highest BCUT2D eigenvalue weighted by Gasteiger charge is 2.10. The minimum absolute atomic E-state index is 0.203. The summed E-state index contributed by atoms with van der Waals surface area (Å²) in [6.45, 7) is 1.08. The Morgan fingerprint density at radius 1 is 1.19 bits per heavy atom. The molecule has 0 bridgehead atoms. The molecule has 0 aliphatic carbocycles. The number of nitrogens with two attached hydrogens (primary N) is 1. The van der Waals surface area contributed by atoms with Gasteiger partial charge in [0.05, 0.1) is 5.69 Å². The van der Waals surface area contributed by atoms with Gasteiger partial charge in [0.1, 0.15) is 5.69 Å². The van der Waals surface area contributed by atoms with Crippen LogP contribution in [0.15, 0.2) is 59.0 Å². The van der Waals surface area contributed by atoms with Gasteiger partial charge in [-0.15, -0.1) is 5.11 Å². The second-order valence-corrected chi connectivity index (χ2v) is 5.52. The molecule has 0 aliphatic heterocycles. The minimum atomic E-state index is -0.203. The van der Waals surface area contributed by atoms with Crippen LogP contribution < -0.4 is 16.5 Å². The van der Waals surface area contributed by atoms with E-state index in [2.05, 4.69) is 41.1 Å². The first kappa shape index (κ1) is 18.0. The number of carbonyl (C=O) groups excluding carboxylic acids is 1. The van der Waals surface area contributed by atoms with E-state index in [-0.39, 0.29) is 5.91 Å². The fourth-order valence-corrected chi connectivity index (χ4v) is 2.33. The highest BCUT2D eigenvalue weighted by atomic mass is 16.1. The van der Waals surface area contributed by atoms with Crippen LogP contribution in [0.4, 0.5) is 11.8 Å². The van der Waals surface area contributed by atoms with Gasteiger partial charge in [-0.1, -0.05) is 35.6 Å². The highest BCUT2D eigenvalue weighted by molar-refractivity contribution is 5.93. The third kappa shape index (κ3) is 5.08. The van der Waals surface area contributed by atoms with Crippen LogP contribution in [0.1, 0.15) is 16.9 Å². The Bertz CT molecular complexity index is 908. The molecule has 0 aliphatic rings. The molecule has 0 radical (unpaired) electrons. The minimum Gasteiger partial charge on any atom is -0.354 e. The number of nitrogens with one attached hydrogen (secondary N) is 3. The highest BCUT2D eigenvalue weighted by Crippen LogP contribution is 2.16. The maximum atomic E-state index is 12.2. The van der Waals surface area contributed by atoms with Gasteiger partial charge in [0.2, 0.25) is 5.95 Å². The van der Waals surface area contributed by atoms with Crippen molar-refractivity contribution in [2.45, 2.75) is 6.42 Å². The lowest BCUT2D eigenvalue weighted by atomic mass is 10.1. The number of rotatable bonds is 8. The van der Waals surface area contributed by atoms with Crippen molar-refractivity contribution < 1.29 is 4.79 Å². The zero-order valence-electron chi connectivity index (χ0n) is 14.5. The smallest absolute Gasteiger partial charge is 0.269 e. The van der Waals surface area contributed by atoms with E-state index in [4.69, 9.17) is 5.84 Å². The fraction of sp³-hybridized carbons (Fsp3) is 0.176. The lowest BCUT2D eigenvalue weighted by Gasteiger charge is -2.05. The number of anilines is 1. The maximum absolute atomic E-state index is 12.2. The first-order valence-corrected chi connectivity index (χ1v) is 8.33. The van der Waals surface area contributed by atoms with Gasteiger partial charge >= 0.3 is 0 Å². The monoisotopic (exact) mass is 365 g/mol. The summed E-state index contributed by atoms with van der Waals surface area (Å²) in [6, 6.07) is 13.0. The summed E-state index contributed by atoms with van der Waals surface area (Å²) in [6.07, 6.45) is 2.25. The molecule has 10 heteroatoms. The average Bonchev–Trinajstić information content (AvgIpc) is 3.19. The number of hydrogen-bond donors (Lipinski definition) is 4. The molecule has 3 rings (SSSR count). The fourth-order valence-electron chi connectivity index (χ4n) is 2.33. The van der Waals surface area contributed by atoms with Crippen molar-refractivity contribution in [1.29, 1.82) is 0 Å². The van der Waals surface area contributed by atoms with Gasteiger partial charge in [0, 0.05) is 30.9 Å². The molecule has 1 amide bonds. The van der Waals surface area contributed by atoms with Gasteiger partial charge in [0.15, 0.2) is 5.82 Å². The SMILES string of the molecule is NN=Nc1ccnc(NCCCNC(=O)c2cc(-c3ccccc3)n[nH]2)n1. The summed E-state index contributed by atoms with van der Waals surface area (Å²) in [4.78, 5) is 20.4. The molecule has 138 valence electrons. The zero-order chi connectivity index (χ0) is 18.9. The van der Waals surface area contributed by atoms with Crippen LogP contribution in [-0.4, -0.2) is 39.2 Å². The summed E-state index contributed by atoms with van der Waals surface area (Å²) in [5.74, 6) is 5.58. The topological polar surface area (TPSA) is 146 Å². The van der Waals surface area contributed by atoms with Gasteiger partial charge in [-0.2, -0.15) is 10.1 Å². The Morgan fingerprint density at radius 2 is 2.04 bits per heavy atom. The van der Waals surface area contributed by atoms with Crippen LogP contribution in [0.25, 0.3) is 11.3 Å². The molecule has 10 nitrogen and oxygen atoms in total. The van der Waals surface area contributed by atoms with E-state index >= 15 is 0 Å². The van der Waals surface area contributed by atoms with E-state index in [0.717, 1.165) is 11.3 Å². The van der Waals surface area contributed by atoms with Crippen molar-refractivity contribution >= 4 is 17.7 Å². The Hall–Kier alpha value is -3.82. The Labute approximate surface area is 155 Å². The first-order valence-electron chi connectivity index (χ1n) is 8.33. The van der Waals surface area contributed by atoms with Crippen molar-refractivity contribution in [2.24, 2.45) is 16.2 Å². The summed E-state index contributed by atoms with van der Waals surface area (Å²) in [5.41, 5.74) is 2.10. The van der Waals surface area contributed by atoms with E-state index in [1.165, 1.54) is 0 Å². The lowest BCUT2D eigenvalue weighted by Crippen LogP contribution is -2.26. The molecule has 0 unspecified atom stereocenters. The number of aromatic amines is 1. The third-order valence-electron chi connectivity index (χ3n) is 3.62. The van der Waals surface area contributed by atoms with Crippen molar-refractivity contribution in [3.8, 4) is 11.3 Å². The molecule has 1 aromatic carbocycles. The van der Waals surface area contributed by atoms with Gasteiger partial charge in [0.25, 0.3) is 5.91 Å². The van der Waals surface area contributed by atoms with Crippen LogP contribution in [0.2, 0.25) is 0 Å². The van der Waals surface area contributed by atoms with Crippen LogP contribution in [0.3, 0.4) is 0 Å². The van der Waals surface area contributed by atoms with Crippen molar-refractivity contribution in [3.63, 3.8) is 0 Å². The number of benzene rings is 1. The zero-order valence-corrected chi connectivity index (χ0v) is 14.5. The van der Waals surface area contributed by atoms with Crippen LogP contribution in [0, 0.1) is 0 Å². The third-order valence-corrected chi connectivity index (χ3v) is 3.62. The predicted octanol–water partition coefficient (Wildman–Crippen LogP) is 2.06. The van der Waals surface area contributed by atoms with E-state index in [1.54, 1.807) is 18.3 Å². The number of hydrogen-bond acceptors (Lipinski definition) is 7.